The van der Waals surface area contributed by atoms with Gasteiger partial charge in [0.25, 0.3) is 5.91 Å². The molecule has 3 rings (SSSR count). The molecule has 136 valence electrons. The Hall–Kier alpha value is -2.83. The van der Waals surface area contributed by atoms with Gasteiger partial charge in [0.1, 0.15) is 11.3 Å². The molecule has 4 nitrogen and oxygen atoms in total. The third-order valence-corrected chi connectivity index (χ3v) is 4.25. The summed E-state index contributed by atoms with van der Waals surface area (Å²) < 4.78 is 38.1. The average molecular weight is 361 g/mol. The number of nitrogens with one attached hydrogen (secondary N) is 2. The van der Waals surface area contributed by atoms with Crippen LogP contribution in [0.15, 0.2) is 59.7 Å². The maximum atomic E-state index is 12.7. The van der Waals surface area contributed by atoms with Crippen molar-refractivity contribution < 1.29 is 18.0 Å². The fourth-order valence-corrected chi connectivity index (χ4v) is 2.71. The van der Waals surface area contributed by atoms with Crippen LogP contribution in [0.4, 0.5) is 18.9 Å². The summed E-state index contributed by atoms with van der Waals surface area (Å²) in [6.07, 6.45) is -4.28. The van der Waals surface area contributed by atoms with Crippen molar-refractivity contribution in [1.82, 2.24) is 5.43 Å². The van der Waals surface area contributed by atoms with E-state index in [1.54, 1.807) is 12.1 Å². The smallest absolute Gasteiger partial charge is 0.324 e. The lowest BCUT2D eigenvalue weighted by Crippen LogP contribution is -2.48. The van der Waals surface area contributed by atoms with E-state index in [-0.39, 0.29) is 0 Å². The zero-order valence-corrected chi connectivity index (χ0v) is 14.1. The number of anilines is 1. The second-order valence-electron chi connectivity index (χ2n) is 6.49. The molecule has 0 saturated carbocycles. The number of carbonyl (C=O) groups excluding carboxylic acids is 1. The van der Waals surface area contributed by atoms with E-state index in [1.807, 2.05) is 42.5 Å². The molecule has 2 aromatic rings. The molecule has 2 N–H and O–H groups in total. The molecule has 1 amide bonds. The number of hydrogen-bond donors (Lipinski definition) is 2. The second kappa shape index (κ2) is 6.82. The van der Waals surface area contributed by atoms with Crippen molar-refractivity contribution in [3.63, 3.8) is 0 Å². The molecular weight excluding hydrogens is 343 g/mol. The molecule has 1 unspecified atom stereocenters. The highest BCUT2D eigenvalue weighted by atomic mass is 19.4. The van der Waals surface area contributed by atoms with Gasteiger partial charge in [0.15, 0.2) is 0 Å². The summed E-state index contributed by atoms with van der Waals surface area (Å²) in [7, 11) is 0. The summed E-state index contributed by atoms with van der Waals surface area (Å²) in [5, 5.41) is 5.91. The quantitative estimate of drug-likeness (QED) is 0.868. The van der Waals surface area contributed by atoms with Gasteiger partial charge in [-0.15, -0.1) is 0 Å². The Kier molecular flexibility index (Phi) is 4.71. The Bertz CT molecular complexity index is 816. The minimum Gasteiger partial charge on any atom is -0.324 e. The maximum absolute atomic E-state index is 12.7. The van der Waals surface area contributed by atoms with Gasteiger partial charge in [-0.25, -0.2) is 0 Å². The number of nitrogens with zero attached hydrogens (tertiary/aromatic N) is 1. The molecule has 0 spiro atoms. The van der Waals surface area contributed by atoms with Crippen molar-refractivity contribution in [2.45, 2.75) is 31.5 Å². The van der Waals surface area contributed by atoms with Crippen molar-refractivity contribution in [3.8, 4) is 0 Å². The lowest BCUT2D eigenvalue weighted by atomic mass is 9.95. The van der Waals surface area contributed by atoms with Crippen LogP contribution >= 0.6 is 0 Å². The Morgan fingerprint density at radius 3 is 2.31 bits per heavy atom. The van der Waals surface area contributed by atoms with Crippen molar-refractivity contribution in [1.29, 1.82) is 0 Å². The summed E-state index contributed by atoms with van der Waals surface area (Å²) in [5.41, 5.74) is 2.67. The lowest BCUT2D eigenvalue weighted by Gasteiger charge is -2.22. The van der Waals surface area contributed by atoms with Crippen LogP contribution in [0.1, 0.15) is 24.5 Å². The Balaban J connectivity index is 1.62. The monoisotopic (exact) mass is 361 g/mol. The Morgan fingerprint density at radius 1 is 1.12 bits per heavy atom. The summed E-state index contributed by atoms with van der Waals surface area (Å²) >= 11 is 0. The Labute approximate surface area is 149 Å². The van der Waals surface area contributed by atoms with Gasteiger partial charge in [-0.2, -0.15) is 18.3 Å². The normalized spacial score (nSPS) is 19.6. The molecule has 1 aliphatic rings. The molecule has 0 bridgehead atoms. The second-order valence-corrected chi connectivity index (χ2v) is 6.49. The number of halogens is 3. The van der Waals surface area contributed by atoms with Crippen LogP contribution in [0.5, 0.6) is 0 Å². The molecule has 0 fully saturated rings. The summed E-state index contributed by atoms with van der Waals surface area (Å²) in [4.78, 5) is 12.4. The molecule has 1 heterocycles. The van der Waals surface area contributed by atoms with Crippen molar-refractivity contribution in [2.75, 3.05) is 5.32 Å². The number of benzene rings is 2. The lowest BCUT2D eigenvalue weighted by molar-refractivity contribution is -0.121. The summed E-state index contributed by atoms with van der Waals surface area (Å²) in [6.45, 7) is 1.40. The predicted molar refractivity (Wildman–Crippen MR) is 94.0 cm³/mol. The van der Waals surface area contributed by atoms with Gasteiger partial charge in [0.05, 0.1) is 0 Å². The van der Waals surface area contributed by atoms with Gasteiger partial charge in [-0.3, -0.25) is 10.2 Å². The fourth-order valence-electron chi connectivity index (χ4n) is 2.71. The van der Waals surface area contributed by atoms with Crippen molar-refractivity contribution in [2.24, 2.45) is 5.10 Å². The van der Waals surface area contributed by atoms with Crippen LogP contribution in [0.3, 0.4) is 0 Å². The molecule has 0 radical (unpaired) electrons. The first kappa shape index (κ1) is 18.0. The molecule has 0 saturated heterocycles. The van der Waals surface area contributed by atoms with Crippen molar-refractivity contribution in [3.05, 3.63) is 65.7 Å². The highest BCUT2D eigenvalue weighted by Crippen LogP contribution is 2.29. The number of hydrogen-bond acceptors (Lipinski definition) is 3. The van der Waals surface area contributed by atoms with Crippen LogP contribution in [0.2, 0.25) is 0 Å². The molecule has 0 aliphatic carbocycles. The van der Waals surface area contributed by atoms with E-state index in [9.17, 15) is 18.0 Å². The fraction of sp³-hybridized carbons (Fsp3) is 0.263. The molecule has 2 aromatic carbocycles. The molecule has 0 aromatic heterocycles. The summed E-state index contributed by atoms with van der Waals surface area (Å²) in [5.74, 6) is -0.559. The average Bonchev–Trinajstić information content (AvgIpc) is 3.02. The third-order valence-electron chi connectivity index (χ3n) is 4.25. The minimum absolute atomic E-state index is 0.506. The largest absolute Gasteiger partial charge is 0.431 e. The van der Waals surface area contributed by atoms with Crippen LogP contribution < -0.4 is 10.7 Å². The molecule has 26 heavy (non-hydrogen) atoms. The van der Waals surface area contributed by atoms with E-state index >= 15 is 0 Å². The number of hydrazone groups is 1. The van der Waals surface area contributed by atoms with E-state index in [2.05, 4.69) is 15.8 Å². The molecule has 1 atom stereocenters. The highest BCUT2D eigenvalue weighted by Gasteiger charge is 2.48. The Morgan fingerprint density at radius 2 is 1.73 bits per heavy atom. The number of carbonyl (C=O) groups is 1. The van der Waals surface area contributed by atoms with Crippen molar-refractivity contribution >= 4 is 17.3 Å². The van der Waals surface area contributed by atoms with E-state index in [0.717, 1.165) is 12.0 Å². The van der Waals surface area contributed by atoms with E-state index < -0.39 is 29.8 Å². The number of rotatable bonds is 4. The van der Waals surface area contributed by atoms with Gasteiger partial charge < -0.3 is 5.32 Å². The first-order valence-corrected chi connectivity index (χ1v) is 8.11. The summed E-state index contributed by atoms with van der Waals surface area (Å²) in [6, 6.07) is 17.2. The van der Waals surface area contributed by atoms with Gasteiger partial charge in [0.2, 0.25) is 0 Å². The van der Waals surface area contributed by atoms with Crippen LogP contribution in [-0.2, 0) is 11.2 Å². The zero-order valence-electron chi connectivity index (χ0n) is 14.1. The third kappa shape index (κ3) is 4.04. The van der Waals surface area contributed by atoms with Crippen LogP contribution in [0.25, 0.3) is 0 Å². The van der Waals surface area contributed by atoms with Gasteiger partial charge in [0, 0.05) is 12.1 Å². The highest BCUT2D eigenvalue weighted by molar-refractivity contribution is 6.04. The van der Waals surface area contributed by atoms with E-state index in [0.29, 0.717) is 5.69 Å². The maximum Gasteiger partial charge on any atom is 0.431 e. The molecule has 7 heteroatoms. The number of alkyl halides is 3. The number of amides is 1. The predicted octanol–water partition coefficient (Wildman–Crippen LogP) is 3.89. The molecular formula is C19H18F3N3O. The molecule has 1 aliphatic heterocycles. The topological polar surface area (TPSA) is 53.5 Å². The van der Waals surface area contributed by atoms with E-state index in [1.165, 1.54) is 12.5 Å². The van der Waals surface area contributed by atoms with Crippen LogP contribution in [-0.4, -0.2) is 23.3 Å². The van der Waals surface area contributed by atoms with Gasteiger partial charge >= 0.3 is 6.18 Å². The van der Waals surface area contributed by atoms with Gasteiger partial charge in [-0.05, 0) is 36.6 Å². The first-order valence-electron chi connectivity index (χ1n) is 8.11. The first-order chi connectivity index (χ1) is 12.3. The SMILES string of the molecule is CC1(C(=O)Nc2ccc(Cc3ccccc3)cc2)CC(C(F)(F)F)=NN1. The van der Waals surface area contributed by atoms with Gasteiger partial charge in [-0.1, -0.05) is 42.5 Å². The van der Waals surface area contributed by atoms with Crippen LogP contribution in [0, 0.1) is 0 Å². The minimum atomic E-state index is -4.54. The van der Waals surface area contributed by atoms with E-state index in [4.69, 9.17) is 0 Å². The standard InChI is InChI=1S/C19H18F3N3O/c1-18(12-16(24-25-18)19(20,21)22)17(26)23-15-9-7-14(8-10-15)11-13-5-3-2-4-6-13/h2-10,25H,11-12H2,1H3,(H,23,26). The zero-order chi connectivity index (χ0) is 18.8.